The molecule has 0 amide bonds. The highest BCUT2D eigenvalue weighted by Gasteiger charge is 2.00. The Hall–Kier alpha value is -0.440. The lowest BCUT2D eigenvalue weighted by Gasteiger charge is -2.03. The first-order valence-corrected chi connectivity index (χ1v) is 4.61. The lowest BCUT2D eigenvalue weighted by Crippen LogP contribution is -1.99. The maximum absolute atomic E-state index is 3.94. The molecule has 0 radical (unpaired) electrons. The van der Waals surface area contributed by atoms with Crippen molar-refractivity contribution in [2.45, 2.75) is 18.6 Å². The molecular formula is C7H12N2S. The van der Waals surface area contributed by atoms with Crippen LogP contribution in [0.25, 0.3) is 0 Å². The van der Waals surface area contributed by atoms with Gasteiger partial charge in [-0.15, -0.1) is 0 Å². The van der Waals surface area contributed by atoms with Gasteiger partial charge in [-0.2, -0.15) is 11.8 Å². The maximum atomic E-state index is 3.94. The molecule has 0 aliphatic rings. The number of aromatic nitrogens is 2. The van der Waals surface area contributed by atoms with Crippen LogP contribution in [0.15, 0.2) is 12.5 Å². The van der Waals surface area contributed by atoms with Gasteiger partial charge in [0.1, 0.15) is 0 Å². The minimum absolute atomic E-state index is 0.681. The second kappa shape index (κ2) is 3.66. The van der Waals surface area contributed by atoms with Gasteiger partial charge < -0.3 is 4.98 Å². The summed E-state index contributed by atoms with van der Waals surface area (Å²) in [5, 5.41) is 0.681. The molecular weight excluding hydrogens is 144 g/mol. The number of hydrogen-bond acceptors (Lipinski definition) is 2. The van der Waals surface area contributed by atoms with E-state index in [2.05, 4.69) is 23.1 Å². The van der Waals surface area contributed by atoms with Crippen LogP contribution in [0.5, 0.6) is 0 Å². The Bertz CT molecular complexity index is 172. The van der Waals surface area contributed by atoms with Gasteiger partial charge in [0.25, 0.3) is 0 Å². The smallest absolute Gasteiger partial charge is 0.0921 e. The first-order valence-electron chi connectivity index (χ1n) is 3.33. The van der Waals surface area contributed by atoms with Gasteiger partial charge in [-0.3, -0.25) is 0 Å². The van der Waals surface area contributed by atoms with Crippen LogP contribution in [-0.4, -0.2) is 21.5 Å². The molecule has 1 heterocycles. The van der Waals surface area contributed by atoms with Crippen LogP contribution in [0.2, 0.25) is 0 Å². The molecule has 0 aliphatic heterocycles. The number of imidazole rings is 1. The largest absolute Gasteiger partial charge is 0.348 e. The number of hydrogen-bond donors (Lipinski definition) is 1. The van der Waals surface area contributed by atoms with Crippen molar-refractivity contribution < 1.29 is 0 Å². The van der Waals surface area contributed by atoms with E-state index in [1.54, 1.807) is 6.33 Å². The molecule has 0 bridgehead atoms. The first kappa shape index (κ1) is 7.66. The Morgan fingerprint density at radius 2 is 2.60 bits per heavy atom. The van der Waals surface area contributed by atoms with E-state index in [0.717, 1.165) is 6.42 Å². The quantitative estimate of drug-likeness (QED) is 0.721. The van der Waals surface area contributed by atoms with E-state index in [9.17, 15) is 0 Å². The van der Waals surface area contributed by atoms with Gasteiger partial charge >= 0.3 is 0 Å². The fourth-order valence-electron chi connectivity index (χ4n) is 0.789. The summed E-state index contributed by atoms with van der Waals surface area (Å²) in [6.07, 6.45) is 6.82. The lowest BCUT2D eigenvalue weighted by atomic mass is 10.3. The molecule has 1 atom stereocenters. The highest BCUT2D eigenvalue weighted by molar-refractivity contribution is 7.99. The van der Waals surface area contributed by atoms with Crippen LogP contribution < -0.4 is 0 Å². The van der Waals surface area contributed by atoms with E-state index in [4.69, 9.17) is 0 Å². The lowest BCUT2D eigenvalue weighted by molar-refractivity contribution is 0.914. The maximum Gasteiger partial charge on any atom is 0.0921 e. The van der Waals surface area contributed by atoms with Crippen molar-refractivity contribution in [3.8, 4) is 0 Å². The first-order chi connectivity index (χ1) is 4.83. The molecule has 0 aliphatic carbocycles. The third-order valence-electron chi connectivity index (χ3n) is 1.46. The molecule has 1 unspecified atom stereocenters. The zero-order valence-electron chi connectivity index (χ0n) is 6.29. The number of nitrogens with one attached hydrogen (secondary N) is 1. The number of rotatable bonds is 3. The Morgan fingerprint density at radius 1 is 1.80 bits per heavy atom. The molecule has 10 heavy (non-hydrogen) atoms. The van der Waals surface area contributed by atoms with E-state index in [1.807, 2.05) is 18.0 Å². The summed E-state index contributed by atoms with van der Waals surface area (Å²) in [6.45, 7) is 2.21. The molecule has 2 nitrogen and oxygen atoms in total. The molecule has 1 N–H and O–H groups in total. The summed E-state index contributed by atoms with van der Waals surface area (Å²) in [5.41, 5.74) is 1.22. The van der Waals surface area contributed by atoms with Gasteiger partial charge in [-0.25, -0.2) is 4.98 Å². The third-order valence-corrected chi connectivity index (χ3v) is 2.44. The van der Waals surface area contributed by atoms with E-state index < -0.39 is 0 Å². The zero-order chi connectivity index (χ0) is 7.40. The Labute approximate surface area is 65.4 Å². The van der Waals surface area contributed by atoms with Crippen molar-refractivity contribution in [1.82, 2.24) is 9.97 Å². The van der Waals surface area contributed by atoms with E-state index in [1.165, 1.54) is 5.69 Å². The summed E-state index contributed by atoms with van der Waals surface area (Å²) in [6, 6.07) is 0. The van der Waals surface area contributed by atoms with Gasteiger partial charge in [0.15, 0.2) is 0 Å². The Morgan fingerprint density at radius 3 is 3.10 bits per heavy atom. The van der Waals surface area contributed by atoms with Crippen molar-refractivity contribution in [3.05, 3.63) is 18.2 Å². The Kier molecular flexibility index (Phi) is 2.81. The Balaban J connectivity index is 2.40. The van der Waals surface area contributed by atoms with Gasteiger partial charge in [-0.05, 0) is 6.26 Å². The molecule has 0 saturated carbocycles. The highest BCUT2D eigenvalue weighted by Crippen LogP contribution is 2.09. The van der Waals surface area contributed by atoms with Crippen molar-refractivity contribution in [3.63, 3.8) is 0 Å². The molecule has 0 saturated heterocycles. The molecule has 0 fully saturated rings. The second-order valence-electron chi connectivity index (χ2n) is 2.33. The van der Waals surface area contributed by atoms with Crippen LogP contribution >= 0.6 is 11.8 Å². The summed E-state index contributed by atoms with van der Waals surface area (Å²) < 4.78 is 0. The number of H-pyrrole nitrogens is 1. The minimum atomic E-state index is 0.681. The topological polar surface area (TPSA) is 28.7 Å². The predicted octanol–water partition coefficient (Wildman–Crippen LogP) is 1.70. The molecule has 1 aromatic rings. The second-order valence-corrected chi connectivity index (χ2v) is 3.60. The molecule has 0 aromatic carbocycles. The summed E-state index contributed by atoms with van der Waals surface area (Å²) in [4.78, 5) is 7.02. The van der Waals surface area contributed by atoms with E-state index in [-0.39, 0.29) is 0 Å². The minimum Gasteiger partial charge on any atom is -0.348 e. The van der Waals surface area contributed by atoms with Gasteiger partial charge in [-0.1, -0.05) is 6.92 Å². The predicted molar refractivity (Wildman–Crippen MR) is 45.3 cm³/mol. The number of thioether (sulfide) groups is 1. The van der Waals surface area contributed by atoms with Crippen LogP contribution in [0.4, 0.5) is 0 Å². The fourth-order valence-corrected chi connectivity index (χ4v) is 1.14. The van der Waals surface area contributed by atoms with Crippen LogP contribution in [0.3, 0.4) is 0 Å². The van der Waals surface area contributed by atoms with Crippen molar-refractivity contribution in [2.24, 2.45) is 0 Å². The third kappa shape index (κ3) is 2.06. The number of aromatic amines is 1. The fraction of sp³-hybridized carbons (Fsp3) is 0.571. The summed E-state index contributed by atoms with van der Waals surface area (Å²) in [7, 11) is 0. The molecule has 0 spiro atoms. The van der Waals surface area contributed by atoms with Crippen molar-refractivity contribution in [1.29, 1.82) is 0 Å². The van der Waals surface area contributed by atoms with Gasteiger partial charge in [0.2, 0.25) is 0 Å². The van der Waals surface area contributed by atoms with Crippen molar-refractivity contribution >= 4 is 11.8 Å². The summed E-state index contributed by atoms with van der Waals surface area (Å²) in [5.74, 6) is 0. The average molecular weight is 156 g/mol. The van der Waals surface area contributed by atoms with Crippen molar-refractivity contribution in [2.75, 3.05) is 6.26 Å². The average Bonchev–Trinajstić information content (AvgIpc) is 2.40. The van der Waals surface area contributed by atoms with Crippen LogP contribution in [0.1, 0.15) is 12.6 Å². The van der Waals surface area contributed by atoms with Gasteiger partial charge in [0, 0.05) is 23.6 Å². The molecule has 1 rings (SSSR count). The highest BCUT2D eigenvalue weighted by atomic mass is 32.2. The molecule has 3 heteroatoms. The van der Waals surface area contributed by atoms with E-state index >= 15 is 0 Å². The normalized spacial score (nSPS) is 13.4. The molecule has 1 aromatic heterocycles. The number of nitrogens with zero attached hydrogens (tertiary/aromatic N) is 1. The molecule has 56 valence electrons. The van der Waals surface area contributed by atoms with Crippen LogP contribution in [0, 0.1) is 0 Å². The van der Waals surface area contributed by atoms with Gasteiger partial charge in [0.05, 0.1) is 6.33 Å². The van der Waals surface area contributed by atoms with Crippen LogP contribution in [-0.2, 0) is 6.42 Å². The standard InChI is InChI=1S/C7H12N2S/c1-6(10-2)3-7-4-8-5-9-7/h4-6H,3H2,1-2H3,(H,8,9). The van der Waals surface area contributed by atoms with E-state index in [0.29, 0.717) is 5.25 Å². The summed E-state index contributed by atoms with van der Waals surface area (Å²) >= 11 is 1.88. The monoisotopic (exact) mass is 156 g/mol. The SMILES string of the molecule is CSC(C)Cc1cnc[nH]1. The zero-order valence-corrected chi connectivity index (χ0v) is 7.11.